The average Bonchev–Trinajstić information content (AvgIpc) is 2.85. The van der Waals surface area contributed by atoms with Crippen molar-refractivity contribution in [1.82, 2.24) is 10.2 Å². The minimum Gasteiger partial charge on any atom is -0.435 e. The van der Waals surface area contributed by atoms with Crippen LogP contribution < -0.4 is 10.5 Å². The molecule has 0 radical (unpaired) electrons. The number of thioether (sulfide) groups is 1. The van der Waals surface area contributed by atoms with Gasteiger partial charge in [-0.25, -0.2) is 0 Å². The van der Waals surface area contributed by atoms with E-state index >= 15 is 0 Å². The highest BCUT2D eigenvalue weighted by atomic mass is 32.2. The van der Waals surface area contributed by atoms with E-state index < -0.39 is 6.61 Å². The van der Waals surface area contributed by atoms with Crippen LogP contribution in [0.1, 0.15) is 11.5 Å². The first kappa shape index (κ1) is 13.8. The fraction of sp³-hybridized carbons (Fsp3) is 0.273. The molecule has 2 aromatic rings. The van der Waals surface area contributed by atoms with Gasteiger partial charge in [0.15, 0.2) is 0 Å². The monoisotopic (exact) mass is 287 g/mol. The van der Waals surface area contributed by atoms with E-state index in [0.29, 0.717) is 22.4 Å². The van der Waals surface area contributed by atoms with Gasteiger partial charge in [-0.05, 0) is 6.07 Å². The lowest BCUT2D eigenvalue weighted by molar-refractivity contribution is -0.0503. The number of para-hydroxylation sites is 1. The molecular formula is C11H11F2N3O2S. The van der Waals surface area contributed by atoms with E-state index in [2.05, 4.69) is 14.9 Å². The number of rotatable bonds is 6. The third-order valence-corrected chi connectivity index (χ3v) is 3.03. The van der Waals surface area contributed by atoms with Gasteiger partial charge in [-0.2, -0.15) is 8.78 Å². The molecule has 1 aromatic heterocycles. The lowest BCUT2D eigenvalue weighted by Gasteiger charge is -2.08. The van der Waals surface area contributed by atoms with Crippen LogP contribution in [-0.2, 0) is 12.3 Å². The molecule has 8 heteroatoms. The number of halogens is 2. The Hall–Kier alpha value is -1.67. The smallest absolute Gasteiger partial charge is 0.387 e. The van der Waals surface area contributed by atoms with E-state index in [1.807, 2.05) is 0 Å². The molecule has 0 aliphatic rings. The lowest BCUT2D eigenvalue weighted by atomic mass is 10.2. The Balaban J connectivity index is 2.02. The third kappa shape index (κ3) is 3.90. The zero-order chi connectivity index (χ0) is 13.7. The standard InChI is InChI=1S/C11H11F2N3O2S/c12-10(13)17-8-4-2-1-3-7(8)6-19-11-16-15-9(5-14)18-11/h1-4,10H,5-6,14H2. The molecular weight excluding hydrogens is 276 g/mol. The first-order valence-corrected chi connectivity index (χ1v) is 6.35. The summed E-state index contributed by atoms with van der Waals surface area (Å²) in [5, 5.41) is 7.81. The normalized spacial score (nSPS) is 10.9. The molecule has 2 rings (SSSR count). The van der Waals surface area contributed by atoms with Crippen molar-refractivity contribution < 1.29 is 17.9 Å². The van der Waals surface area contributed by atoms with Gasteiger partial charge in [0, 0.05) is 11.3 Å². The highest BCUT2D eigenvalue weighted by molar-refractivity contribution is 7.98. The summed E-state index contributed by atoms with van der Waals surface area (Å²) >= 11 is 1.23. The molecule has 0 saturated heterocycles. The maximum atomic E-state index is 12.2. The lowest BCUT2D eigenvalue weighted by Crippen LogP contribution is -2.03. The molecule has 0 aliphatic carbocycles. The number of nitrogens with zero attached hydrogens (tertiary/aromatic N) is 2. The second-order valence-electron chi connectivity index (χ2n) is 3.44. The molecule has 102 valence electrons. The van der Waals surface area contributed by atoms with Crippen LogP contribution in [0.2, 0.25) is 0 Å². The molecule has 0 spiro atoms. The first-order chi connectivity index (χ1) is 9.19. The van der Waals surface area contributed by atoms with E-state index in [9.17, 15) is 8.78 Å². The summed E-state index contributed by atoms with van der Waals surface area (Å²) in [5.74, 6) is 0.859. The van der Waals surface area contributed by atoms with Crippen LogP contribution in [0.15, 0.2) is 33.9 Å². The summed E-state index contributed by atoms with van der Waals surface area (Å²) < 4.78 is 34.1. The summed E-state index contributed by atoms with van der Waals surface area (Å²) in [6, 6.07) is 6.56. The number of aromatic nitrogens is 2. The van der Waals surface area contributed by atoms with Crippen LogP contribution in [0, 0.1) is 0 Å². The maximum Gasteiger partial charge on any atom is 0.387 e. The van der Waals surface area contributed by atoms with Crippen LogP contribution >= 0.6 is 11.8 Å². The maximum absolute atomic E-state index is 12.2. The van der Waals surface area contributed by atoms with E-state index in [1.54, 1.807) is 18.2 Å². The van der Waals surface area contributed by atoms with Gasteiger partial charge >= 0.3 is 6.61 Å². The van der Waals surface area contributed by atoms with Crippen molar-refractivity contribution in [2.24, 2.45) is 5.73 Å². The Morgan fingerprint density at radius 2 is 2.11 bits per heavy atom. The van der Waals surface area contributed by atoms with E-state index in [-0.39, 0.29) is 12.3 Å². The van der Waals surface area contributed by atoms with Gasteiger partial charge in [0.2, 0.25) is 5.89 Å². The van der Waals surface area contributed by atoms with E-state index in [4.69, 9.17) is 10.2 Å². The zero-order valence-electron chi connectivity index (χ0n) is 9.75. The van der Waals surface area contributed by atoms with Crippen LogP contribution in [-0.4, -0.2) is 16.8 Å². The molecule has 0 atom stereocenters. The summed E-state index contributed by atoms with van der Waals surface area (Å²) in [6.45, 7) is -2.68. The number of hydrogen-bond donors (Lipinski definition) is 1. The van der Waals surface area contributed by atoms with Gasteiger partial charge in [-0.15, -0.1) is 10.2 Å². The number of ether oxygens (including phenoxy) is 1. The van der Waals surface area contributed by atoms with Gasteiger partial charge in [-0.1, -0.05) is 30.0 Å². The van der Waals surface area contributed by atoms with Crippen molar-refractivity contribution in [3.63, 3.8) is 0 Å². The van der Waals surface area contributed by atoms with E-state index in [0.717, 1.165) is 0 Å². The Labute approximate surface area is 112 Å². The van der Waals surface area contributed by atoms with Crippen molar-refractivity contribution in [2.45, 2.75) is 24.1 Å². The first-order valence-electron chi connectivity index (χ1n) is 5.37. The number of alkyl halides is 2. The molecule has 2 N–H and O–H groups in total. The minimum atomic E-state index is -2.85. The topological polar surface area (TPSA) is 74.2 Å². The second-order valence-corrected chi connectivity index (χ2v) is 4.37. The van der Waals surface area contributed by atoms with Crippen molar-refractivity contribution in [3.8, 4) is 5.75 Å². The van der Waals surface area contributed by atoms with Crippen LogP contribution in [0.3, 0.4) is 0 Å². The summed E-state index contributed by atoms with van der Waals surface area (Å²) in [5.41, 5.74) is 5.97. The third-order valence-electron chi connectivity index (χ3n) is 2.16. The quantitative estimate of drug-likeness (QED) is 0.822. The highest BCUT2D eigenvalue weighted by Gasteiger charge is 2.11. The fourth-order valence-electron chi connectivity index (χ4n) is 1.35. The van der Waals surface area contributed by atoms with Gasteiger partial charge in [-0.3, -0.25) is 0 Å². The predicted octanol–water partition coefficient (Wildman–Crippen LogP) is 2.42. The average molecular weight is 287 g/mol. The summed E-state index contributed by atoms with van der Waals surface area (Å²) in [6.07, 6.45) is 0. The Bertz CT molecular complexity index is 536. The summed E-state index contributed by atoms with van der Waals surface area (Å²) in [4.78, 5) is 0. The molecule has 0 saturated carbocycles. The van der Waals surface area contributed by atoms with Gasteiger partial charge in [0.1, 0.15) is 5.75 Å². The van der Waals surface area contributed by atoms with E-state index in [1.165, 1.54) is 17.8 Å². The molecule has 5 nitrogen and oxygen atoms in total. The fourth-order valence-corrected chi connectivity index (χ4v) is 2.12. The van der Waals surface area contributed by atoms with Crippen molar-refractivity contribution in [3.05, 3.63) is 35.7 Å². The molecule has 19 heavy (non-hydrogen) atoms. The number of benzene rings is 1. The molecule has 1 aromatic carbocycles. The summed E-state index contributed by atoms with van der Waals surface area (Å²) in [7, 11) is 0. The Kier molecular flexibility index (Phi) is 4.69. The molecule has 0 amide bonds. The Morgan fingerprint density at radius 1 is 1.32 bits per heavy atom. The minimum absolute atomic E-state index is 0.142. The predicted molar refractivity (Wildman–Crippen MR) is 64.8 cm³/mol. The Morgan fingerprint density at radius 3 is 2.79 bits per heavy atom. The molecule has 0 fully saturated rings. The molecule has 0 bridgehead atoms. The van der Waals surface area contributed by atoms with Crippen molar-refractivity contribution in [2.75, 3.05) is 0 Å². The number of nitrogens with two attached hydrogens (primary N) is 1. The molecule has 0 unspecified atom stereocenters. The molecule has 1 heterocycles. The zero-order valence-corrected chi connectivity index (χ0v) is 10.6. The highest BCUT2D eigenvalue weighted by Crippen LogP contribution is 2.28. The van der Waals surface area contributed by atoms with Gasteiger partial charge in [0.25, 0.3) is 5.22 Å². The van der Waals surface area contributed by atoms with Crippen LogP contribution in [0.25, 0.3) is 0 Å². The number of hydrogen-bond acceptors (Lipinski definition) is 6. The van der Waals surface area contributed by atoms with Crippen molar-refractivity contribution in [1.29, 1.82) is 0 Å². The molecule has 0 aliphatic heterocycles. The van der Waals surface area contributed by atoms with Gasteiger partial charge < -0.3 is 14.9 Å². The van der Waals surface area contributed by atoms with Crippen LogP contribution in [0.4, 0.5) is 8.78 Å². The SMILES string of the molecule is NCc1nnc(SCc2ccccc2OC(F)F)o1. The second kappa shape index (κ2) is 6.48. The van der Waals surface area contributed by atoms with Crippen LogP contribution in [0.5, 0.6) is 5.75 Å². The van der Waals surface area contributed by atoms with Crippen molar-refractivity contribution >= 4 is 11.8 Å². The van der Waals surface area contributed by atoms with Gasteiger partial charge in [0.05, 0.1) is 6.54 Å². The largest absolute Gasteiger partial charge is 0.435 e.